The molecule has 16 aromatic rings. The Morgan fingerprint density at radius 1 is 0.273 bits per heavy atom. The summed E-state index contributed by atoms with van der Waals surface area (Å²) < 4.78 is 0.993. The third-order valence-corrected chi connectivity index (χ3v) is 23.3. The molecule has 12 heteroatoms. The van der Waals surface area contributed by atoms with Crippen LogP contribution in [0.4, 0.5) is 17.1 Å². The van der Waals surface area contributed by atoms with Gasteiger partial charge in [0.15, 0.2) is 34.9 Å². The zero-order chi connectivity index (χ0) is 64.4. The van der Waals surface area contributed by atoms with Crippen LogP contribution in [0.5, 0.6) is 0 Å². The molecule has 0 radical (unpaired) electrons. The fraction of sp³-hybridized carbons (Fsp3) is 0.0575. The van der Waals surface area contributed by atoms with E-state index in [1.807, 2.05) is 191 Å². The maximum Gasteiger partial charge on any atom is 0.164 e. The summed E-state index contributed by atoms with van der Waals surface area (Å²) in [5.41, 5.74) is 22.9. The third-order valence-electron chi connectivity index (χ3n) is 18.9. The average molecular weight is 1410 g/mol. The van der Waals surface area contributed by atoms with E-state index in [4.69, 9.17) is 24.9 Å². The van der Waals surface area contributed by atoms with Gasteiger partial charge < -0.3 is 4.90 Å². The molecular formula is C87H62BrN7S4. The van der Waals surface area contributed by atoms with Crippen LogP contribution in [0.15, 0.2) is 317 Å². The summed E-state index contributed by atoms with van der Waals surface area (Å²) in [6.07, 6.45) is 1.03. The van der Waals surface area contributed by atoms with Crippen molar-refractivity contribution in [3.8, 4) is 87.8 Å². The minimum Gasteiger partial charge on any atom is -0.310 e. The molecule has 20 rings (SSSR count). The molecule has 7 heterocycles. The fourth-order valence-electron chi connectivity index (χ4n) is 14.8. The summed E-state index contributed by atoms with van der Waals surface area (Å²) in [7, 11) is 0. The first kappa shape index (κ1) is 63.1. The van der Waals surface area contributed by atoms with Crippen molar-refractivity contribution in [3.05, 3.63) is 373 Å². The standard InChI is InChI=1S/C42H26N4S2.C22H14S2.C21H14BrN3.2CH4/c1-3-12-27(13-4-1)39-43-40(28-14-5-2-6-15-28)45-41(44-39)29-16-11-17-30(26-29)46-35-20-9-7-18-31(35)42(32-19-8-10-21-36(32)46)33-22-24-47-37(33)38-34(42)23-25-48-38;1-3-7-16-14(5-1)13-15-6-2-4-8-17(15)22(16)18-9-11-23-20(18)21-19(22)10-12-24-21;22-18-13-7-12-17(14-18)21-24-19(15-8-3-1-4-9-15)23-20(25-21)16-10-5-2-6-11-16;;/h1-26H;1-12H,13H2;1-14H;2*1H4. The van der Waals surface area contributed by atoms with Crippen molar-refractivity contribution in [3.63, 3.8) is 0 Å². The molecule has 0 atom stereocenters. The van der Waals surface area contributed by atoms with Crippen molar-refractivity contribution in [2.24, 2.45) is 0 Å². The van der Waals surface area contributed by atoms with E-state index in [-0.39, 0.29) is 25.7 Å². The van der Waals surface area contributed by atoms with Crippen molar-refractivity contribution in [1.29, 1.82) is 0 Å². The number of para-hydroxylation sites is 2. The molecule has 0 unspecified atom stereocenters. The van der Waals surface area contributed by atoms with Crippen LogP contribution in [0.2, 0.25) is 0 Å². The highest BCUT2D eigenvalue weighted by Crippen LogP contribution is 2.66. The Labute approximate surface area is 601 Å². The number of hydrogen-bond donors (Lipinski definition) is 0. The number of fused-ring (bicyclic) bond motifs is 18. The molecule has 1 aliphatic heterocycles. The van der Waals surface area contributed by atoms with Crippen LogP contribution in [0.3, 0.4) is 0 Å². The molecular weight excluding hydrogens is 1350 g/mol. The van der Waals surface area contributed by atoms with E-state index in [9.17, 15) is 0 Å². The lowest BCUT2D eigenvalue weighted by Gasteiger charge is -2.44. The number of thiophene rings is 4. The lowest BCUT2D eigenvalue weighted by atomic mass is 9.62. The van der Waals surface area contributed by atoms with E-state index in [0.29, 0.717) is 34.9 Å². The van der Waals surface area contributed by atoms with Gasteiger partial charge in [0.1, 0.15) is 0 Å². The summed E-state index contributed by atoms with van der Waals surface area (Å²) in [6, 6.07) is 102. The molecule has 0 amide bonds. The highest BCUT2D eigenvalue weighted by molar-refractivity contribution is 9.10. The van der Waals surface area contributed by atoms with Crippen LogP contribution in [0.25, 0.3) is 87.8 Å². The van der Waals surface area contributed by atoms with Gasteiger partial charge in [-0.15, -0.1) is 45.3 Å². The molecule has 0 fully saturated rings. The first-order chi connectivity index (χ1) is 48.0. The quantitative estimate of drug-likeness (QED) is 0.157. The summed E-state index contributed by atoms with van der Waals surface area (Å²) >= 11 is 11.0. The van der Waals surface area contributed by atoms with Crippen LogP contribution in [-0.4, -0.2) is 29.9 Å². The Morgan fingerprint density at radius 3 is 0.939 bits per heavy atom. The number of hydrogen-bond acceptors (Lipinski definition) is 11. The average Bonchev–Trinajstić information content (AvgIpc) is 1.58. The predicted octanol–water partition coefficient (Wildman–Crippen LogP) is 24.1. The van der Waals surface area contributed by atoms with Crippen molar-refractivity contribution in [2.45, 2.75) is 32.1 Å². The monoisotopic (exact) mass is 1410 g/mol. The number of anilines is 3. The second kappa shape index (κ2) is 26.3. The maximum atomic E-state index is 5.03. The largest absolute Gasteiger partial charge is 0.310 e. The van der Waals surface area contributed by atoms with Crippen molar-refractivity contribution < 1.29 is 0 Å². The maximum absolute atomic E-state index is 5.03. The second-order valence-electron chi connectivity index (χ2n) is 24.2. The molecule has 2 spiro atoms. The summed E-state index contributed by atoms with van der Waals surface area (Å²) in [5, 5.41) is 9.01. The Bertz CT molecular complexity index is 5330. The summed E-state index contributed by atoms with van der Waals surface area (Å²) in [4.78, 5) is 37.2. The van der Waals surface area contributed by atoms with Crippen LogP contribution in [0, 0.1) is 0 Å². The van der Waals surface area contributed by atoms with E-state index in [2.05, 4.69) is 193 Å². The van der Waals surface area contributed by atoms with Gasteiger partial charge in [-0.1, -0.05) is 261 Å². The van der Waals surface area contributed by atoms with E-state index in [1.165, 1.54) is 86.5 Å². The number of benzene rings is 10. The minimum absolute atomic E-state index is 0. The number of aromatic nitrogens is 6. The Balaban J connectivity index is 0.000000126. The van der Waals surface area contributed by atoms with Gasteiger partial charge in [0.25, 0.3) is 0 Å². The van der Waals surface area contributed by atoms with Gasteiger partial charge in [0.2, 0.25) is 0 Å². The lowest BCUT2D eigenvalue weighted by Crippen LogP contribution is -2.35. The smallest absolute Gasteiger partial charge is 0.164 e. The molecule has 3 aliphatic carbocycles. The van der Waals surface area contributed by atoms with Gasteiger partial charge in [-0.3, -0.25) is 0 Å². The Hall–Kier alpha value is -10.7. The Kier molecular flexibility index (Phi) is 16.7. The van der Waals surface area contributed by atoms with Gasteiger partial charge >= 0.3 is 0 Å². The number of halogens is 1. The van der Waals surface area contributed by atoms with Crippen LogP contribution < -0.4 is 4.90 Å². The summed E-state index contributed by atoms with van der Waals surface area (Å²) in [6.45, 7) is 0. The van der Waals surface area contributed by atoms with Crippen LogP contribution >= 0.6 is 61.3 Å². The molecule has 6 aromatic heterocycles. The van der Waals surface area contributed by atoms with E-state index >= 15 is 0 Å². The molecule has 10 aromatic carbocycles. The molecule has 7 nitrogen and oxygen atoms in total. The third kappa shape index (κ3) is 10.6. The van der Waals surface area contributed by atoms with Gasteiger partial charge in [-0.25, -0.2) is 29.9 Å². The number of nitrogens with zero attached hydrogens (tertiary/aromatic N) is 7. The van der Waals surface area contributed by atoms with Crippen LogP contribution in [-0.2, 0) is 17.3 Å². The predicted molar refractivity (Wildman–Crippen MR) is 417 cm³/mol. The van der Waals surface area contributed by atoms with Gasteiger partial charge in [-0.05, 0) is 144 Å². The van der Waals surface area contributed by atoms with E-state index in [0.717, 1.165) is 50.0 Å². The summed E-state index contributed by atoms with van der Waals surface area (Å²) in [5.74, 6) is 3.95. The minimum atomic E-state index is -0.366. The molecule has 0 N–H and O–H groups in total. The topological polar surface area (TPSA) is 80.6 Å². The zero-order valence-electron chi connectivity index (χ0n) is 51.9. The van der Waals surface area contributed by atoms with Crippen molar-refractivity contribution in [2.75, 3.05) is 4.90 Å². The normalized spacial score (nSPS) is 13.0. The molecule has 99 heavy (non-hydrogen) atoms. The second-order valence-corrected chi connectivity index (χ2v) is 28.7. The SMILES string of the molecule is Brc1cccc(-c2nc(-c3ccccc3)nc(-c3ccccc3)n2)c1.C.C.c1ccc(-c2nc(-c3ccccc3)nc(-c3cccc(N4c5ccccc5C5(c6ccccc64)c4ccsc4-c4sccc45)c3)n2)cc1.c1ccc2c(c1)Cc1ccccc1C21c2ccsc2-c2sccc21. The van der Waals surface area contributed by atoms with Gasteiger partial charge in [0, 0.05) is 63.0 Å². The molecule has 0 saturated carbocycles. The van der Waals surface area contributed by atoms with Gasteiger partial charge in [-0.2, -0.15) is 0 Å². The number of rotatable bonds is 7. The first-order valence-electron chi connectivity index (χ1n) is 32.1. The van der Waals surface area contributed by atoms with E-state index in [1.54, 1.807) is 0 Å². The van der Waals surface area contributed by atoms with Gasteiger partial charge in [0.05, 0.1) is 22.2 Å². The lowest BCUT2D eigenvalue weighted by molar-refractivity contribution is 0.725. The first-order valence-corrected chi connectivity index (χ1v) is 36.4. The van der Waals surface area contributed by atoms with Crippen molar-refractivity contribution in [1.82, 2.24) is 29.9 Å². The highest BCUT2D eigenvalue weighted by Gasteiger charge is 2.54. The van der Waals surface area contributed by atoms with Crippen LogP contribution in [0.1, 0.15) is 70.5 Å². The molecule has 4 aliphatic rings. The Morgan fingerprint density at radius 2 is 0.566 bits per heavy atom. The molecule has 476 valence electrons. The molecule has 0 saturated heterocycles. The molecule has 0 bridgehead atoms. The van der Waals surface area contributed by atoms with Crippen molar-refractivity contribution >= 4 is 78.3 Å². The van der Waals surface area contributed by atoms with E-state index < -0.39 is 0 Å². The fourth-order valence-corrected chi connectivity index (χ4v) is 19.4. The zero-order valence-corrected chi connectivity index (χ0v) is 56.7. The highest BCUT2D eigenvalue weighted by atomic mass is 79.9.